The summed E-state index contributed by atoms with van der Waals surface area (Å²) in [6.45, 7) is 2.58. The van der Waals surface area contributed by atoms with Crippen LogP contribution in [-0.2, 0) is 6.54 Å². The van der Waals surface area contributed by atoms with Crippen LogP contribution in [0.5, 0.6) is 0 Å². The molecule has 0 saturated heterocycles. The highest BCUT2D eigenvalue weighted by atomic mass is 15.0. The Kier molecular flexibility index (Phi) is 3.07. The van der Waals surface area contributed by atoms with E-state index in [1.165, 1.54) is 24.6 Å². The van der Waals surface area contributed by atoms with Gasteiger partial charge in [-0.1, -0.05) is 6.07 Å². The summed E-state index contributed by atoms with van der Waals surface area (Å²) in [5.41, 5.74) is 4.33. The van der Waals surface area contributed by atoms with Gasteiger partial charge in [0.05, 0.1) is 12.2 Å². The first kappa shape index (κ1) is 12.0. The minimum atomic E-state index is 0.686. The standard InChI is InChI=1S/C15H18N4/c1-11(6-16)7-17-8-14-10-19-9-13(12-2-3-12)4-5-15(19)18-14/h4-7,9-10,12,16-17H,2-3,8H2,1H3/b11-7-,16-6?. The van der Waals surface area contributed by atoms with Crippen molar-refractivity contribution < 1.29 is 0 Å². The molecule has 2 heterocycles. The Morgan fingerprint density at radius 3 is 3.05 bits per heavy atom. The van der Waals surface area contributed by atoms with E-state index in [4.69, 9.17) is 5.41 Å². The van der Waals surface area contributed by atoms with Gasteiger partial charge in [0, 0.05) is 24.8 Å². The first-order valence-electron chi connectivity index (χ1n) is 6.64. The third-order valence-corrected chi connectivity index (χ3v) is 3.41. The second-order valence-electron chi connectivity index (χ2n) is 5.15. The van der Waals surface area contributed by atoms with E-state index in [1.807, 2.05) is 13.1 Å². The van der Waals surface area contributed by atoms with Crippen LogP contribution >= 0.6 is 0 Å². The Bertz CT molecular complexity index is 635. The predicted molar refractivity (Wildman–Crippen MR) is 76.5 cm³/mol. The maximum atomic E-state index is 7.10. The fourth-order valence-corrected chi connectivity index (χ4v) is 2.16. The van der Waals surface area contributed by atoms with Crippen LogP contribution in [0.4, 0.5) is 0 Å². The molecule has 0 aliphatic heterocycles. The van der Waals surface area contributed by atoms with E-state index >= 15 is 0 Å². The van der Waals surface area contributed by atoms with Crippen LogP contribution in [-0.4, -0.2) is 15.6 Å². The molecule has 1 aliphatic carbocycles. The average Bonchev–Trinajstić information content (AvgIpc) is 3.18. The van der Waals surface area contributed by atoms with Crippen LogP contribution < -0.4 is 5.32 Å². The van der Waals surface area contributed by atoms with E-state index in [1.54, 1.807) is 0 Å². The number of nitrogens with one attached hydrogen (secondary N) is 2. The normalized spacial score (nSPS) is 15.7. The van der Waals surface area contributed by atoms with Crippen LogP contribution in [0.25, 0.3) is 5.65 Å². The van der Waals surface area contributed by atoms with Crippen molar-refractivity contribution in [2.45, 2.75) is 32.2 Å². The number of aromatic nitrogens is 2. The van der Waals surface area contributed by atoms with E-state index in [9.17, 15) is 0 Å². The van der Waals surface area contributed by atoms with Gasteiger partial charge in [0.2, 0.25) is 0 Å². The number of nitrogens with zero attached hydrogens (tertiary/aromatic N) is 2. The van der Waals surface area contributed by atoms with Crippen molar-refractivity contribution in [3.63, 3.8) is 0 Å². The zero-order valence-electron chi connectivity index (χ0n) is 11.1. The zero-order chi connectivity index (χ0) is 13.2. The van der Waals surface area contributed by atoms with Crippen LogP contribution in [0, 0.1) is 5.41 Å². The molecule has 0 bridgehead atoms. The van der Waals surface area contributed by atoms with Crippen LogP contribution in [0.15, 0.2) is 36.3 Å². The number of fused-ring (bicyclic) bond motifs is 1. The topological polar surface area (TPSA) is 53.2 Å². The maximum absolute atomic E-state index is 7.10. The first-order valence-corrected chi connectivity index (χ1v) is 6.64. The smallest absolute Gasteiger partial charge is 0.137 e. The van der Waals surface area contributed by atoms with Gasteiger partial charge < -0.3 is 15.1 Å². The lowest BCUT2D eigenvalue weighted by Gasteiger charge is -1.98. The summed E-state index contributed by atoms with van der Waals surface area (Å²) in [6, 6.07) is 4.28. The van der Waals surface area contributed by atoms with Gasteiger partial charge in [0.15, 0.2) is 0 Å². The summed E-state index contributed by atoms with van der Waals surface area (Å²) in [7, 11) is 0. The summed E-state index contributed by atoms with van der Waals surface area (Å²) >= 11 is 0. The molecule has 0 unspecified atom stereocenters. The molecule has 2 N–H and O–H groups in total. The van der Waals surface area contributed by atoms with Crippen molar-refractivity contribution in [2.24, 2.45) is 0 Å². The minimum Gasteiger partial charge on any atom is -0.385 e. The molecule has 98 valence electrons. The predicted octanol–water partition coefficient (Wildman–Crippen LogP) is 2.85. The molecular formula is C15H18N4. The number of rotatable bonds is 5. The zero-order valence-corrected chi connectivity index (χ0v) is 11.1. The Morgan fingerprint density at radius 2 is 2.32 bits per heavy atom. The molecule has 3 rings (SSSR count). The van der Waals surface area contributed by atoms with Gasteiger partial charge in [0.1, 0.15) is 5.65 Å². The van der Waals surface area contributed by atoms with Crippen molar-refractivity contribution in [1.29, 1.82) is 5.41 Å². The average molecular weight is 254 g/mol. The minimum absolute atomic E-state index is 0.686. The Labute approximate surface area is 112 Å². The molecule has 1 fully saturated rings. The fourth-order valence-electron chi connectivity index (χ4n) is 2.16. The van der Waals surface area contributed by atoms with Gasteiger partial charge in [-0.05, 0) is 42.9 Å². The van der Waals surface area contributed by atoms with E-state index in [-0.39, 0.29) is 0 Å². The third-order valence-electron chi connectivity index (χ3n) is 3.41. The largest absolute Gasteiger partial charge is 0.385 e. The molecule has 0 spiro atoms. The molecule has 1 aliphatic rings. The quantitative estimate of drug-likeness (QED) is 0.806. The lowest BCUT2D eigenvalue weighted by molar-refractivity contribution is 0.841. The molecule has 2 aromatic heterocycles. The highest BCUT2D eigenvalue weighted by Gasteiger charge is 2.23. The molecule has 19 heavy (non-hydrogen) atoms. The summed E-state index contributed by atoms with van der Waals surface area (Å²) in [6.07, 6.45) is 10.1. The first-order chi connectivity index (χ1) is 9.26. The van der Waals surface area contributed by atoms with E-state index in [0.29, 0.717) is 6.54 Å². The van der Waals surface area contributed by atoms with E-state index in [2.05, 4.69) is 39.2 Å². The summed E-state index contributed by atoms with van der Waals surface area (Å²) in [5.74, 6) is 0.770. The number of pyridine rings is 1. The summed E-state index contributed by atoms with van der Waals surface area (Å²) in [4.78, 5) is 4.57. The molecule has 0 amide bonds. The maximum Gasteiger partial charge on any atom is 0.137 e. The lowest BCUT2D eigenvalue weighted by atomic mass is 10.2. The third kappa shape index (κ3) is 2.67. The summed E-state index contributed by atoms with van der Waals surface area (Å²) in [5, 5.41) is 10.3. The monoisotopic (exact) mass is 254 g/mol. The van der Waals surface area contributed by atoms with Gasteiger partial charge >= 0.3 is 0 Å². The lowest BCUT2D eigenvalue weighted by Crippen LogP contribution is -2.05. The molecule has 0 atom stereocenters. The van der Waals surface area contributed by atoms with Crippen molar-refractivity contribution in [3.8, 4) is 0 Å². The molecule has 1 saturated carbocycles. The Morgan fingerprint density at radius 1 is 1.47 bits per heavy atom. The number of allylic oxidation sites excluding steroid dienone is 1. The van der Waals surface area contributed by atoms with Crippen molar-refractivity contribution in [3.05, 3.63) is 47.6 Å². The number of imidazole rings is 1. The van der Waals surface area contributed by atoms with Crippen molar-refractivity contribution >= 4 is 11.9 Å². The highest BCUT2D eigenvalue weighted by Crippen LogP contribution is 2.39. The van der Waals surface area contributed by atoms with Gasteiger partial charge in [-0.3, -0.25) is 0 Å². The summed E-state index contributed by atoms with van der Waals surface area (Å²) < 4.78 is 2.11. The van der Waals surface area contributed by atoms with Gasteiger partial charge in [0.25, 0.3) is 0 Å². The molecule has 0 aromatic carbocycles. The molecule has 2 aromatic rings. The molecule has 0 radical (unpaired) electrons. The van der Waals surface area contributed by atoms with Gasteiger partial charge in [-0.2, -0.15) is 0 Å². The second kappa shape index (κ2) is 4.88. The van der Waals surface area contributed by atoms with Crippen LogP contribution in [0.1, 0.15) is 36.9 Å². The second-order valence-corrected chi connectivity index (χ2v) is 5.15. The van der Waals surface area contributed by atoms with Crippen LogP contribution in [0.2, 0.25) is 0 Å². The van der Waals surface area contributed by atoms with E-state index in [0.717, 1.165) is 22.8 Å². The highest BCUT2D eigenvalue weighted by molar-refractivity contribution is 5.74. The number of hydrogen-bond acceptors (Lipinski definition) is 3. The molecule has 4 nitrogen and oxygen atoms in total. The van der Waals surface area contributed by atoms with Gasteiger partial charge in [-0.25, -0.2) is 4.98 Å². The number of hydrogen-bond donors (Lipinski definition) is 2. The van der Waals surface area contributed by atoms with Crippen LogP contribution in [0.3, 0.4) is 0 Å². The van der Waals surface area contributed by atoms with Gasteiger partial charge in [-0.15, -0.1) is 0 Å². The Balaban J connectivity index is 1.75. The fraction of sp³-hybridized carbons (Fsp3) is 0.333. The molecular weight excluding hydrogens is 236 g/mol. The SMILES string of the molecule is C/C(C=N)=C/NCc1cn2cc(C3CC3)ccc2n1. The Hall–Kier alpha value is -2.10. The molecule has 4 heteroatoms. The van der Waals surface area contributed by atoms with Crippen molar-refractivity contribution in [1.82, 2.24) is 14.7 Å². The van der Waals surface area contributed by atoms with Crippen molar-refractivity contribution in [2.75, 3.05) is 0 Å². The van der Waals surface area contributed by atoms with E-state index < -0.39 is 0 Å².